The van der Waals surface area contributed by atoms with E-state index >= 15 is 0 Å². The van der Waals surface area contributed by atoms with E-state index in [2.05, 4.69) is 0 Å². The average molecular weight is 510 g/mol. The van der Waals surface area contributed by atoms with Gasteiger partial charge in [-0.1, -0.05) is 36.4 Å². The molecule has 38 heavy (non-hydrogen) atoms. The Labute approximate surface area is 218 Å². The molecule has 0 spiro atoms. The maximum atomic E-state index is 13.9. The van der Waals surface area contributed by atoms with Gasteiger partial charge in [-0.25, -0.2) is 0 Å². The number of fused-ring (bicyclic) bond motifs is 5. The monoisotopic (exact) mass is 509 g/mol. The molecule has 0 unspecified atom stereocenters. The van der Waals surface area contributed by atoms with E-state index in [1.807, 2.05) is 35.2 Å². The fraction of sp³-hybridized carbons (Fsp3) is 0.207. The van der Waals surface area contributed by atoms with E-state index < -0.39 is 34.7 Å². The first-order valence-corrected chi connectivity index (χ1v) is 12.2. The van der Waals surface area contributed by atoms with Crippen molar-refractivity contribution in [1.29, 1.82) is 0 Å². The topological polar surface area (TPSA) is 110 Å². The van der Waals surface area contributed by atoms with Crippen molar-refractivity contribution in [3.63, 3.8) is 0 Å². The van der Waals surface area contributed by atoms with Crippen molar-refractivity contribution >= 4 is 29.4 Å². The number of nitrogens with zero attached hydrogens (tertiary/aromatic N) is 3. The highest BCUT2D eigenvalue weighted by molar-refractivity contribution is 6.12. The Hall–Kier alpha value is -4.79. The number of Topliss-reactive ketones (excluding diaryl/α,β-unsaturated/α-hetero) is 1. The van der Waals surface area contributed by atoms with E-state index in [-0.39, 0.29) is 29.5 Å². The average Bonchev–Trinajstić information content (AvgIpc) is 3.41. The SMILES string of the molecule is COc1ccc(CN2C(=O)[C@@H]3[C@@H](C2=O)[C@@H]2c4ccccc4C=CN2[C@@H]3C(=O)c2ccc([N+](=O)[O-])cc2)cc1. The van der Waals surface area contributed by atoms with Crippen molar-refractivity contribution in [2.75, 3.05) is 7.11 Å². The van der Waals surface area contributed by atoms with Gasteiger partial charge in [0.1, 0.15) is 11.8 Å². The van der Waals surface area contributed by atoms with Crippen LogP contribution in [0.4, 0.5) is 5.69 Å². The molecule has 3 heterocycles. The fourth-order valence-corrected chi connectivity index (χ4v) is 5.91. The molecule has 0 radical (unpaired) electrons. The van der Waals surface area contributed by atoms with Crippen LogP contribution in [0.5, 0.6) is 5.75 Å². The van der Waals surface area contributed by atoms with Gasteiger partial charge in [-0.3, -0.25) is 29.4 Å². The quantitative estimate of drug-likeness (QED) is 0.214. The minimum atomic E-state index is -0.923. The lowest BCUT2D eigenvalue weighted by atomic mass is 9.83. The van der Waals surface area contributed by atoms with Gasteiger partial charge in [0.05, 0.1) is 36.5 Å². The molecule has 0 saturated carbocycles. The van der Waals surface area contributed by atoms with Gasteiger partial charge < -0.3 is 9.64 Å². The predicted octanol–water partition coefficient (Wildman–Crippen LogP) is 4.00. The lowest BCUT2D eigenvalue weighted by Gasteiger charge is -2.35. The molecule has 190 valence electrons. The van der Waals surface area contributed by atoms with Gasteiger partial charge in [0.25, 0.3) is 5.69 Å². The molecule has 9 nitrogen and oxygen atoms in total. The molecule has 6 rings (SSSR count). The summed E-state index contributed by atoms with van der Waals surface area (Å²) in [6, 6.07) is 18.8. The zero-order valence-electron chi connectivity index (χ0n) is 20.4. The number of hydrogen-bond donors (Lipinski definition) is 0. The number of benzene rings is 3. The van der Waals surface area contributed by atoms with Crippen LogP contribution in [0.2, 0.25) is 0 Å². The van der Waals surface area contributed by atoms with Gasteiger partial charge in [-0.15, -0.1) is 0 Å². The number of carbonyl (C=O) groups is 3. The summed E-state index contributed by atoms with van der Waals surface area (Å²) in [5.41, 5.74) is 2.71. The van der Waals surface area contributed by atoms with Gasteiger partial charge in [0.2, 0.25) is 11.8 Å². The lowest BCUT2D eigenvalue weighted by molar-refractivity contribution is -0.384. The van der Waals surface area contributed by atoms with E-state index in [4.69, 9.17) is 4.74 Å². The third-order valence-electron chi connectivity index (χ3n) is 7.68. The summed E-state index contributed by atoms with van der Waals surface area (Å²) in [7, 11) is 1.56. The fourth-order valence-electron chi connectivity index (χ4n) is 5.91. The predicted molar refractivity (Wildman–Crippen MR) is 137 cm³/mol. The number of carbonyl (C=O) groups excluding carboxylic acids is 3. The minimum Gasteiger partial charge on any atom is -0.497 e. The summed E-state index contributed by atoms with van der Waals surface area (Å²) in [5.74, 6) is -2.01. The van der Waals surface area contributed by atoms with Gasteiger partial charge >= 0.3 is 0 Å². The summed E-state index contributed by atoms with van der Waals surface area (Å²) >= 11 is 0. The number of imide groups is 1. The molecule has 0 N–H and O–H groups in total. The minimum absolute atomic E-state index is 0.0946. The Morgan fingerprint density at radius 1 is 0.947 bits per heavy atom. The van der Waals surface area contributed by atoms with Crippen LogP contribution >= 0.6 is 0 Å². The van der Waals surface area contributed by atoms with Crippen LogP contribution in [0, 0.1) is 22.0 Å². The molecule has 0 aliphatic carbocycles. The number of hydrogen-bond acceptors (Lipinski definition) is 7. The third-order valence-corrected chi connectivity index (χ3v) is 7.68. The van der Waals surface area contributed by atoms with E-state index in [0.29, 0.717) is 5.75 Å². The van der Waals surface area contributed by atoms with Crippen molar-refractivity contribution < 1.29 is 24.0 Å². The number of likely N-dealkylation sites (tertiary alicyclic amines) is 1. The zero-order valence-corrected chi connectivity index (χ0v) is 20.4. The van der Waals surface area contributed by atoms with Gasteiger partial charge in [0.15, 0.2) is 5.78 Å². The molecule has 2 fully saturated rings. The van der Waals surface area contributed by atoms with Crippen LogP contribution in [-0.4, -0.2) is 45.5 Å². The maximum absolute atomic E-state index is 13.9. The number of rotatable bonds is 6. The van der Waals surface area contributed by atoms with Crippen LogP contribution in [0.1, 0.15) is 33.1 Å². The van der Waals surface area contributed by atoms with E-state index in [1.165, 1.54) is 29.2 Å². The molecule has 3 aromatic carbocycles. The first-order valence-electron chi connectivity index (χ1n) is 12.2. The Balaban J connectivity index is 1.40. The Kier molecular flexibility index (Phi) is 5.56. The molecule has 3 aromatic rings. The lowest BCUT2D eigenvalue weighted by Crippen LogP contribution is -2.44. The Bertz CT molecular complexity index is 1500. The number of methoxy groups -OCH3 is 1. The molecule has 3 aliphatic rings. The molecule has 9 heteroatoms. The smallest absolute Gasteiger partial charge is 0.269 e. The highest BCUT2D eigenvalue weighted by Gasteiger charge is 2.64. The van der Waals surface area contributed by atoms with Gasteiger partial charge in [0, 0.05) is 23.9 Å². The summed E-state index contributed by atoms with van der Waals surface area (Å²) in [5, 5.41) is 11.1. The highest BCUT2D eigenvalue weighted by Crippen LogP contribution is 2.53. The summed E-state index contributed by atoms with van der Waals surface area (Å²) in [4.78, 5) is 55.2. The number of ether oxygens (including phenoxy) is 1. The van der Waals surface area contributed by atoms with Crippen LogP contribution in [-0.2, 0) is 16.1 Å². The summed E-state index contributed by atoms with van der Waals surface area (Å²) in [6.07, 6.45) is 3.67. The summed E-state index contributed by atoms with van der Waals surface area (Å²) < 4.78 is 5.20. The largest absolute Gasteiger partial charge is 0.497 e. The standard InChI is InChI=1S/C29H23N3O6/c1-38-21-12-6-17(7-13-21)16-31-28(34)23-24(29(31)35)26(27(33)19-8-10-20(11-9-19)32(36)37)30-15-14-18-4-2-3-5-22(18)25(23)30/h2-15,23-26H,16H2,1H3/t23-,24-,25+,26+/m1/s1. The van der Waals surface area contributed by atoms with Crippen LogP contribution in [0.25, 0.3) is 6.08 Å². The molecular formula is C29H23N3O6. The van der Waals surface area contributed by atoms with Gasteiger partial charge in [-0.2, -0.15) is 0 Å². The third kappa shape index (κ3) is 3.58. The highest BCUT2D eigenvalue weighted by atomic mass is 16.6. The number of ketones is 1. The normalized spacial score (nSPS) is 23.2. The molecule has 2 amide bonds. The molecule has 2 saturated heterocycles. The van der Waals surface area contributed by atoms with Crippen molar-refractivity contribution in [2.45, 2.75) is 18.6 Å². The second-order valence-corrected chi connectivity index (χ2v) is 9.61. The van der Waals surface area contributed by atoms with E-state index in [1.54, 1.807) is 37.6 Å². The van der Waals surface area contributed by atoms with Crippen molar-refractivity contribution in [2.24, 2.45) is 11.8 Å². The van der Waals surface area contributed by atoms with Crippen molar-refractivity contribution in [1.82, 2.24) is 9.80 Å². The first kappa shape index (κ1) is 23.6. The van der Waals surface area contributed by atoms with E-state index in [9.17, 15) is 24.5 Å². The van der Waals surface area contributed by atoms with Crippen molar-refractivity contribution in [3.8, 4) is 5.75 Å². The van der Waals surface area contributed by atoms with Crippen molar-refractivity contribution in [3.05, 3.63) is 111 Å². The number of nitro benzene ring substituents is 1. The van der Waals surface area contributed by atoms with Crippen LogP contribution in [0.3, 0.4) is 0 Å². The number of nitro groups is 1. The van der Waals surface area contributed by atoms with Crippen LogP contribution < -0.4 is 4.74 Å². The molecule has 3 aliphatic heterocycles. The Morgan fingerprint density at radius 3 is 2.32 bits per heavy atom. The second kappa shape index (κ2) is 8.95. The number of amides is 2. The second-order valence-electron chi connectivity index (χ2n) is 9.61. The molecular weight excluding hydrogens is 486 g/mol. The van der Waals surface area contributed by atoms with Gasteiger partial charge in [-0.05, 0) is 47.0 Å². The zero-order chi connectivity index (χ0) is 26.6. The number of non-ortho nitro benzene ring substituents is 1. The maximum Gasteiger partial charge on any atom is 0.269 e. The molecule has 4 atom stereocenters. The molecule has 0 bridgehead atoms. The van der Waals surface area contributed by atoms with E-state index in [0.717, 1.165) is 16.7 Å². The summed E-state index contributed by atoms with van der Waals surface area (Å²) in [6.45, 7) is 0.0946. The Morgan fingerprint density at radius 2 is 1.63 bits per heavy atom. The molecule has 0 aromatic heterocycles. The first-order chi connectivity index (χ1) is 18.4. The van der Waals surface area contributed by atoms with Crippen LogP contribution in [0.15, 0.2) is 79.0 Å².